The van der Waals surface area contributed by atoms with Crippen LogP contribution in [0, 0.1) is 0 Å². The minimum Gasteiger partial charge on any atom is -0.399 e. The van der Waals surface area contributed by atoms with E-state index in [-0.39, 0.29) is 0 Å². The molecule has 1 aromatic rings. The molecule has 0 saturated carbocycles. The summed E-state index contributed by atoms with van der Waals surface area (Å²) in [5.74, 6) is 1.18. The van der Waals surface area contributed by atoms with Crippen molar-refractivity contribution in [2.45, 2.75) is 18.9 Å². The van der Waals surface area contributed by atoms with Crippen LogP contribution in [0.5, 0.6) is 0 Å². The maximum atomic E-state index is 5.77. The van der Waals surface area contributed by atoms with Crippen LogP contribution in [0.25, 0.3) is 0 Å². The van der Waals surface area contributed by atoms with Crippen molar-refractivity contribution < 1.29 is 0 Å². The van der Waals surface area contributed by atoms with Gasteiger partial charge < -0.3 is 11.1 Å². The first kappa shape index (κ1) is 10.8. The van der Waals surface area contributed by atoms with Gasteiger partial charge in [0.05, 0.1) is 0 Å². The van der Waals surface area contributed by atoms with Gasteiger partial charge in [-0.15, -0.1) is 0 Å². The third kappa shape index (κ3) is 2.47. The van der Waals surface area contributed by atoms with Gasteiger partial charge in [0.2, 0.25) is 0 Å². The van der Waals surface area contributed by atoms with E-state index in [1.54, 1.807) is 0 Å². The first-order valence-corrected chi connectivity index (χ1v) is 6.81. The Hall–Kier alpha value is -0.670. The van der Waals surface area contributed by atoms with Gasteiger partial charge in [0.25, 0.3) is 0 Å². The number of hydrogen-bond acceptors (Lipinski definition) is 3. The molecule has 15 heavy (non-hydrogen) atoms. The lowest BCUT2D eigenvalue weighted by molar-refractivity contribution is 0.552. The van der Waals surface area contributed by atoms with Crippen molar-refractivity contribution in [1.29, 1.82) is 0 Å². The van der Waals surface area contributed by atoms with Gasteiger partial charge in [-0.1, -0.05) is 6.07 Å². The molecule has 1 aliphatic rings. The van der Waals surface area contributed by atoms with Crippen LogP contribution in [-0.4, -0.2) is 18.6 Å². The number of nitrogens with one attached hydrogen (secondary N) is 1. The van der Waals surface area contributed by atoms with Crippen molar-refractivity contribution in [3.63, 3.8) is 0 Å². The van der Waals surface area contributed by atoms with Gasteiger partial charge in [-0.3, -0.25) is 0 Å². The molecule has 0 fully saturated rings. The van der Waals surface area contributed by atoms with Crippen molar-refractivity contribution in [3.05, 3.63) is 29.3 Å². The van der Waals surface area contributed by atoms with Gasteiger partial charge in [0.15, 0.2) is 0 Å². The third-order valence-corrected chi connectivity index (χ3v) is 3.55. The summed E-state index contributed by atoms with van der Waals surface area (Å²) < 4.78 is 0. The molecule has 82 valence electrons. The molecule has 2 rings (SSSR count). The van der Waals surface area contributed by atoms with E-state index in [9.17, 15) is 0 Å². The zero-order valence-electron chi connectivity index (χ0n) is 9.12. The van der Waals surface area contributed by atoms with E-state index < -0.39 is 0 Å². The van der Waals surface area contributed by atoms with Gasteiger partial charge in [-0.05, 0) is 42.4 Å². The molecule has 0 heterocycles. The Morgan fingerprint density at radius 1 is 1.53 bits per heavy atom. The number of nitrogen functional groups attached to an aromatic ring is 1. The highest BCUT2D eigenvalue weighted by molar-refractivity contribution is 7.98. The second kappa shape index (κ2) is 4.90. The van der Waals surface area contributed by atoms with Crippen LogP contribution < -0.4 is 11.1 Å². The summed E-state index contributed by atoms with van der Waals surface area (Å²) in [5.41, 5.74) is 9.54. The lowest BCUT2D eigenvalue weighted by Gasteiger charge is -2.13. The maximum absolute atomic E-state index is 5.77. The normalized spacial score (nSPS) is 19.1. The number of anilines is 1. The van der Waals surface area contributed by atoms with Gasteiger partial charge in [0.1, 0.15) is 0 Å². The van der Waals surface area contributed by atoms with Crippen LogP contribution in [0.2, 0.25) is 0 Å². The van der Waals surface area contributed by atoms with Crippen LogP contribution in [-0.2, 0) is 6.42 Å². The highest BCUT2D eigenvalue weighted by atomic mass is 32.2. The van der Waals surface area contributed by atoms with E-state index in [0.29, 0.717) is 6.04 Å². The molecule has 0 saturated heterocycles. The van der Waals surface area contributed by atoms with Crippen LogP contribution in [0.3, 0.4) is 0 Å². The summed E-state index contributed by atoms with van der Waals surface area (Å²) in [6.07, 6.45) is 4.52. The molecule has 1 unspecified atom stereocenters. The molecule has 1 aliphatic carbocycles. The third-order valence-electron chi connectivity index (χ3n) is 2.94. The predicted octanol–water partition coefficient (Wildman–Crippen LogP) is 2.21. The van der Waals surface area contributed by atoms with Crippen molar-refractivity contribution in [2.75, 3.05) is 24.3 Å². The highest BCUT2D eigenvalue weighted by Gasteiger charge is 2.21. The van der Waals surface area contributed by atoms with E-state index in [2.05, 4.69) is 23.7 Å². The zero-order valence-corrected chi connectivity index (χ0v) is 9.94. The smallest absolute Gasteiger partial charge is 0.0326 e. The van der Waals surface area contributed by atoms with Gasteiger partial charge in [0, 0.05) is 24.0 Å². The predicted molar refractivity (Wildman–Crippen MR) is 68.3 cm³/mol. The molecule has 0 aromatic heterocycles. The van der Waals surface area contributed by atoms with Crippen LogP contribution in [0.1, 0.15) is 23.6 Å². The standard InChI is InChI=1S/C12H18N2S/c1-15-7-6-14-12-5-2-9-8-10(13)3-4-11(9)12/h3-4,8,12,14H,2,5-7,13H2,1H3. The largest absolute Gasteiger partial charge is 0.399 e. The van der Waals surface area contributed by atoms with Crippen LogP contribution in [0.4, 0.5) is 5.69 Å². The van der Waals surface area contributed by atoms with Gasteiger partial charge in [-0.25, -0.2) is 0 Å². The molecule has 0 amide bonds. The van der Waals surface area contributed by atoms with Crippen molar-refractivity contribution in [1.82, 2.24) is 5.32 Å². The summed E-state index contributed by atoms with van der Waals surface area (Å²) in [5, 5.41) is 3.60. The molecule has 3 heteroatoms. The van der Waals surface area contributed by atoms with Gasteiger partial charge >= 0.3 is 0 Å². The van der Waals surface area contributed by atoms with E-state index in [0.717, 1.165) is 18.7 Å². The van der Waals surface area contributed by atoms with Crippen molar-refractivity contribution in [3.8, 4) is 0 Å². The summed E-state index contributed by atoms with van der Waals surface area (Å²) in [7, 11) is 0. The molecule has 3 N–H and O–H groups in total. The Morgan fingerprint density at radius 2 is 2.40 bits per heavy atom. The molecule has 0 radical (unpaired) electrons. The van der Waals surface area contributed by atoms with Crippen LogP contribution >= 0.6 is 11.8 Å². The van der Waals surface area contributed by atoms with E-state index in [1.165, 1.54) is 23.3 Å². The summed E-state index contributed by atoms with van der Waals surface area (Å²) in [4.78, 5) is 0. The van der Waals surface area contributed by atoms with Crippen molar-refractivity contribution in [2.24, 2.45) is 0 Å². The number of thioether (sulfide) groups is 1. The average molecular weight is 222 g/mol. The Labute approximate surface area is 95.6 Å². The Kier molecular flexibility index (Phi) is 3.54. The quantitative estimate of drug-likeness (QED) is 0.606. The minimum absolute atomic E-state index is 0.549. The molecular formula is C12H18N2S. The summed E-state index contributed by atoms with van der Waals surface area (Å²) >= 11 is 1.89. The minimum atomic E-state index is 0.549. The second-order valence-corrected chi connectivity index (χ2v) is 4.98. The SMILES string of the molecule is CSCCNC1CCc2cc(N)ccc21. The Morgan fingerprint density at radius 3 is 3.20 bits per heavy atom. The van der Waals surface area contributed by atoms with Crippen molar-refractivity contribution >= 4 is 17.4 Å². The summed E-state index contributed by atoms with van der Waals surface area (Å²) in [6.45, 7) is 1.09. The van der Waals surface area contributed by atoms with E-state index in [4.69, 9.17) is 5.73 Å². The summed E-state index contributed by atoms with van der Waals surface area (Å²) in [6, 6.07) is 6.85. The van der Waals surface area contributed by atoms with E-state index in [1.807, 2.05) is 17.8 Å². The topological polar surface area (TPSA) is 38.0 Å². The number of hydrogen-bond donors (Lipinski definition) is 2. The fourth-order valence-electron chi connectivity index (χ4n) is 2.18. The average Bonchev–Trinajstić information content (AvgIpc) is 2.61. The molecule has 0 aliphatic heterocycles. The Balaban J connectivity index is 2.02. The molecule has 1 atom stereocenters. The van der Waals surface area contributed by atoms with Crippen LogP contribution in [0.15, 0.2) is 18.2 Å². The first-order valence-electron chi connectivity index (χ1n) is 5.42. The monoisotopic (exact) mass is 222 g/mol. The molecule has 0 bridgehead atoms. The fourth-order valence-corrected chi connectivity index (χ4v) is 2.51. The lowest BCUT2D eigenvalue weighted by Crippen LogP contribution is -2.21. The fraction of sp³-hybridized carbons (Fsp3) is 0.500. The van der Waals surface area contributed by atoms with Gasteiger partial charge in [-0.2, -0.15) is 11.8 Å². The number of benzene rings is 1. The number of nitrogens with two attached hydrogens (primary N) is 1. The zero-order chi connectivity index (χ0) is 10.7. The number of fused-ring (bicyclic) bond motifs is 1. The lowest BCUT2D eigenvalue weighted by atomic mass is 10.1. The molecular weight excluding hydrogens is 204 g/mol. The Bertz CT molecular complexity index is 338. The molecule has 2 nitrogen and oxygen atoms in total. The van der Waals surface area contributed by atoms with E-state index >= 15 is 0 Å². The number of aryl methyl sites for hydroxylation is 1. The first-order chi connectivity index (χ1) is 7.31. The number of rotatable bonds is 4. The maximum Gasteiger partial charge on any atom is 0.0326 e. The second-order valence-electron chi connectivity index (χ2n) is 4.00. The molecule has 0 spiro atoms. The molecule has 1 aromatic carbocycles. The highest BCUT2D eigenvalue weighted by Crippen LogP contribution is 2.32.